The molecule has 0 spiro atoms. The van der Waals surface area contributed by atoms with E-state index in [4.69, 9.17) is 37.4 Å². The van der Waals surface area contributed by atoms with Gasteiger partial charge in [-0.1, -0.05) is 41.4 Å². The number of ether oxygens (including phenoxy) is 3. The van der Waals surface area contributed by atoms with Gasteiger partial charge in [-0.3, -0.25) is 19.3 Å². The van der Waals surface area contributed by atoms with E-state index in [9.17, 15) is 14.4 Å². The van der Waals surface area contributed by atoms with Crippen molar-refractivity contribution in [1.29, 1.82) is 0 Å². The summed E-state index contributed by atoms with van der Waals surface area (Å²) >= 11 is 13.5. The Labute approximate surface area is 246 Å². The first-order valence-corrected chi connectivity index (χ1v) is 14.0. The van der Waals surface area contributed by atoms with Crippen molar-refractivity contribution < 1.29 is 28.6 Å². The summed E-state index contributed by atoms with van der Waals surface area (Å²) in [5.74, 6) is 0.297. The lowest BCUT2D eigenvalue weighted by atomic mass is 10.1. The summed E-state index contributed by atoms with van der Waals surface area (Å²) in [6.07, 6.45) is 1.53. The van der Waals surface area contributed by atoms with Crippen LogP contribution in [0.5, 0.6) is 17.2 Å². The van der Waals surface area contributed by atoms with Crippen molar-refractivity contribution in [3.05, 3.63) is 86.7 Å². The van der Waals surface area contributed by atoms with Gasteiger partial charge in [0.1, 0.15) is 18.9 Å². The Morgan fingerprint density at radius 3 is 2.38 bits per heavy atom. The second-order valence-corrected chi connectivity index (χ2v) is 10.2. The average Bonchev–Trinajstić information content (AvgIpc) is 3.17. The largest absolute Gasteiger partial charge is 0.494 e. The van der Waals surface area contributed by atoms with Gasteiger partial charge in [-0.05, 0) is 79.7 Å². The Morgan fingerprint density at radius 1 is 0.950 bits per heavy atom. The number of imide groups is 1. The molecule has 1 heterocycles. The van der Waals surface area contributed by atoms with E-state index in [-0.39, 0.29) is 16.5 Å². The van der Waals surface area contributed by atoms with Gasteiger partial charge in [-0.2, -0.15) is 0 Å². The van der Waals surface area contributed by atoms with Gasteiger partial charge < -0.3 is 19.5 Å². The Bertz CT molecular complexity index is 1440. The van der Waals surface area contributed by atoms with Crippen LogP contribution in [0, 0.1) is 0 Å². The van der Waals surface area contributed by atoms with Gasteiger partial charge in [0.2, 0.25) is 5.91 Å². The number of carbonyl (C=O) groups excluding carboxylic acids is 3. The molecular weight excluding hydrogens is 575 g/mol. The van der Waals surface area contributed by atoms with E-state index in [1.807, 2.05) is 32.0 Å². The molecule has 0 atom stereocenters. The lowest BCUT2D eigenvalue weighted by molar-refractivity contribution is -0.127. The lowest BCUT2D eigenvalue weighted by Gasteiger charge is -2.15. The number of halogens is 2. The number of amides is 3. The van der Waals surface area contributed by atoms with Gasteiger partial charge in [0.05, 0.1) is 23.1 Å². The molecule has 40 heavy (non-hydrogen) atoms. The molecule has 4 rings (SSSR count). The van der Waals surface area contributed by atoms with E-state index in [2.05, 4.69) is 5.32 Å². The maximum Gasteiger partial charge on any atom is 0.294 e. The first kappa shape index (κ1) is 29.3. The lowest BCUT2D eigenvalue weighted by Crippen LogP contribution is -2.36. The molecule has 8 nitrogen and oxygen atoms in total. The molecule has 3 aromatic rings. The summed E-state index contributed by atoms with van der Waals surface area (Å²) in [7, 11) is 0. The molecule has 3 amide bonds. The molecule has 1 saturated heterocycles. The Balaban J connectivity index is 1.46. The van der Waals surface area contributed by atoms with E-state index in [1.165, 1.54) is 6.08 Å². The molecular formula is C29H26Cl2N2O6S. The minimum Gasteiger partial charge on any atom is -0.494 e. The summed E-state index contributed by atoms with van der Waals surface area (Å²) in [4.78, 5) is 39.2. The molecule has 11 heteroatoms. The second-order valence-electron chi connectivity index (χ2n) is 8.42. The molecule has 3 aromatic carbocycles. The topological polar surface area (TPSA) is 94.2 Å². The van der Waals surface area contributed by atoms with Crippen molar-refractivity contribution in [3.8, 4) is 17.2 Å². The summed E-state index contributed by atoms with van der Waals surface area (Å²) < 4.78 is 17.1. The van der Waals surface area contributed by atoms with Crippen LogP contribution < -0.4 is 19.5 Å². The second kappa shape index (κ2) is 13.6. The number of carbonyl (C=O) groups is 3. The molecule has 0 aliphatic carbocycles. The smallest absolute Gasteiger partial charge is 0.294 e. The van der Waals surface area contributed by atoms with Crippen LogP contribution in [0.15, 0.2) is 65.6 Å². The molecule has 0 saturated carbocycles. The van der Waals surface area contributed by atoms with Crippen molar-refractivity contribution in [1.82, 2.24) is 4.90 Å². The molecule has 1 aliphatic rings. The molecule has 0 radical (unpaired) electrons. The van der Waals surface area contributed by atoms with Gasteiger partial charge in [0, 0.05) is 16.3 Å². The first-order chi connectivity index (χ1) is 19.3. The third kappa shape index (κ3) is 7.29. The van der Waals surface area contributed by atoms with Crippen LogP contribution in [-0.2, 0) is 16.2 Å². The maximum absolute atomic E-state index is 13.0. The fourth-order valence-corrected chi connectivity index (χ4v) is 5.07. The number of benzene rings is 3. The van der Waals surface area contributed by atoms with Crippen molar-refractivity contribution >= 4 is 63.8 Å². The minimum atomic E-state index is -0.579. The van der Waals surface area contributed by atoms with Crippen LogP contribution >= 0.6 is 35.0 Å². The standard InChI is InChI=1S/C29H26Cl2N2O6S/c1-3-37-21-11-9-20(10-12-21)32-26(34)16-33-28(35)25(40-29(33)36)15-18-13-23(31)27(24(14-18)38-4-2)39-17-19-7-5-6-8-22(19)30/h5-15H,3-4,16-17H2,1-2H3,(H,32,34)/b25-15+. The number of nitrogens with zero attached hydrogens (tertiary/aromatic N) is 1. The quantitative estimate of drug-likeness (QED) is 0.236. The Kier molecular flexibility index (Phi) is 9.98. The van der Waals surface area contributed by atoms with E-state index in [0.29, 0.717) is 46.7 Å². The predicted molar refractivity (Wildman–Crippen MR) is 157 cm³/mol. The average molecular weight is 602 g/mol. The molecule has 1 N–H and O–H groups in total. The van der Waals surface area contributed by atoms with Crippen LogP contribution in [-0.4, -0.2) is 41.7 Å². The fraction of sp³-hybridized carbons (Fsp3) is 0.207. The zero-order valence-corrected chi connectivity index (χ0v) is 24.1. The number of hydrogen-bond donors (Lipinski definition) is 1. The Morgan fingerprint density at radius 2 is 1.68 bits per heavy atom. The highest BCUT2D eigenvalue weighted by Crippen LogP contribution is 2.40. The molecule has 0 bridgehead atoms. The predicted octanol–water partition coefficient (Wildman–Crippen LogP) is 7.04. The van der Waals surface area contributed by atoms with E-state index in [1.54, 1.807) is 42.5 Å². The van der Waals surface area contributed by atoms with Gasteiger partial charge in [0.15, 0.2) is 11.5 Å². The highest BCUT2D eigenvalue weighted by atomic mass is 35.5. The zero-order chi connectivity index (χ0) is 28.6. The number of hydrogen-bond acceptors (Lipinski definition) is 7. The van der Waals surface area contributed by atoms with Gasteiger partial charge >= 0.3 is 0 Å². The van der Waals surface area contributed by atoms with Crippen molar-refractivity contribution in [2.24, 2.45) is 0 Å². The number of thioether (sulfide) groups is 1. The van der Waals surface area contributed by atoms with Gasteiger partial charge in [-0.15, -0.1) is 0 Å². The summed E-state index contributed by atoms with van der Waals surface area (Å²) in [5, 5.41) is 2.96. The molecule has 0 unspecified atom stereocenters. The third-order valence-corrected chi connectivity index (χ3v) is 7.14. The van der Waals surface area contributed by atoms with Crippen LogP contribution in [0.3, 0.4) is 0 Å². The Hall–Kier alpha value is -3.66. The number of anilines is 1. The van der Waals surface area contributed by atoms with Gasteiger partial charge in [0.25, 0.3) is 11.1 Å². The number of rotatable bonds is 11. The summed E-state index contributed by atoms with van der Waals surface area (Å²) in [6, 6.07) is 17.4. The fourth-order valence-electron chi connectivity index (χ4n) is 3.77. The van der Waals surface area contributed by atoms with Crippen molar-refractivity contribution in [2.75, 3.05) is 25.1 Å². The van der Waals surface area contributed by atoms with Gasteiger partial charge in [-0.25, -0.2) is 0 Å². The minimum absolute atomic E-state index is 0.155. The molecule has 1 fully saturated rings. The first-order valence-electron chi connectivity index (χ1n) is 12.4. The van der Waals surface area contributed by atoms with E-state index in [0.717, 1.165) is 22.2 Å². The van der Waals surface area contributed by atoms with Crippen molar-refractivity contribution in [3.63, 3.8) is 0 Å². The summed E-state index contributed by atoms with van der Waals surface area (Å²) in [6.45, 7) is 4.33. The highest BCUT2D eigenvalue weighted by Gasteiger charge is 2.36. The summed E-state index contributed by atoms with van der Waals surface area (Å²) in [5.41, 5.74) is 1.83. The van der Waals surface area contributed by atoms with Crippen LogP contribution in [0.4, 0.5) is 10.5 Å². The van der Waals surface area contributed by atoms with Crippen LogP contribution in [0.1, 0.15) is 25.0 Å². The monoisotopic (exact) mass is 600 g/mol. The van der Waals surface area contributed by atoms with Crippen LogP contribution in [0.2, 0.25) is 10.0 Å². The SMILES string of the molecule is CCOc1ccc(NC(=O)CN2C(=O)S/C(=C/c3cc(Cl)c(OCc4ccccc4Cl)c(OCC)c3)C2=O)cc1. The maximum atomic E-state index is 13.0. The third-order valence-electron chi connectivity index (χ3n) is 5.58. The molecule has 0 aromatic heterocycles. The number of nitrogens with one attached hydrogen (secondary N) is 1. The molecule has 208 valence electrons. The van der Waals surface area contributed by atoms with E-state index < -0.39 is 23.6 Å². The highest BCUT2D eigenvalue weighted by molar-refractivity contribution is 8.18. The normalized spacial score (nSPS) is 14.0. The zero-order valence-electron chi connectivity index (χ0n) is 21.7. The van der Waals surface area contributed by atoms with Crippen molar-refractivity contribution in [2.45, 2.75) is 20.5 Å². The van der Waals surface area contributed by atoms with E-state index >= 15 is 0 Å². The van der Waals surface area contributed by atoms with Crippen LogP contribution in [0.25, 0.3) is 6.08 Å². The molecule has 1 aliphatic heterocycles.